The smallest absolute Gasteiger partial charge is 0.465 e. The summed E-state index contributed by atoms with van der Waals surface area (Å²) < 4.78 is 5.33. The van der Waals surface area contributed by atoms with Gasteiger partial charge in [-0.15, -0.1) is 0 Å². The fraction of sp³-hybridized carbons (Fsp3) is 0. The van der Waals surface area contributed by atoms with E-state index in [2.05, 4.69) is 0 Å². The van der Waals surface area contributed by atoms with Gasteiger partial charge in [-0.3, -0.25) is 0 Å². The van der Waals surface area contributed by atoms with E-state index in [4.69, 9.17) is 14.5 Å². The Morgan fingerprint density at radius 1 is 0.895 bits per heavy atom. The topological polar surface area (TPSA) is 53.6 Å². The zero-order valence-corrected chi connectivity index (χ0v) is 10.8. The molecule has 0 unspecified atom stereocenters. The van der Waals surface area contributed by atoms with Crippen molar-refractivity contribution >= 4 is 35.5 Å². The van der Waals surface area contributed by atoms with Crippen LogP contribution in [-0.2, 0) is 0 Å². The van der Waals surface area contributed by atoms with Crippen molar-refractivity contribution < 1.29 is 14.5 Å². The molecule has 19 heavy (non-hydrogen) atoms. The molecular weight excluding hydrogens is 259 g/mol. The highest BCUT2D eigenvalue weighted by molar-refractivity contribution is 7.99. The highest BCUT2D eigenvalue weighted by Crippen LogP contribution is 2.29. The number of hydrogen-bond acceptors (Lipinski definition) is 4. The first kappa shape index (κ1) is 12.4. The van der Waals surface area contributed by atoms with E-state index in [1.807, 2.05) is 48.5 Å². The van der Waals surface area contributed by atoms with Gasteiger partial charge in [0.1, 0.15) is 11.2 Å². The van der Waals surface area contributed by atoms with E-state index in [1.54, 1.807) is 17.8 Å². The molecule has 0 radical (unpaired) electrons. The van der Waals surface area contributed by atoms with E-state index in [1.165, 1.54) is 0 Å². The van der Waals surface area contributed by atoms with E-state index >= 15 is 0 Å². The molecule has 3 rings (SSSR count). The predicted octanol–water partition coefficient (Wildman–Crippen LogP) is 2.26. The molecule has 3 aromatic rings. The summed E-state index contributed by atoms with van der Waals surface area (Å²) in [6.45, 7) is 0. The van der Waals surface area contributed by atoms with Crippen LogP contribution in [0.5, 0.6) is 0 Å². The molecule has 0 fully saturated rings. The van der Waals surface area contributed by atoms with Crippen molar-refractivity contribution in [2.45, 2.75) is 9.79 Å². The molecule has 0 aliphatic heterocycles. The van der Waals surface area contributed by atoms with Crippen LogP contribution in [-0.4, -0.2) is 17.2 Å². The Hall–Kier alpha value is -1.69. The van der Waals surface area contributed by atoms with Crippen LogP contribution in [0.3, 0.4) is 0 Å². The van der Waals surface area contributed by atoms with Crippen LogP contribution in [0, 0.1) is 0 Å². The second-order valence-corrected chi connectivity index (χ2v) is 5.28. The summed E-state index contributed by atoms with van der Waals surface area (Å²) in [7, 11) is -1.57. The Labute approximate surface area is 115 Å². The second-order valence-electron chi connectivity index (χ2n) is 4.14. The predicted molar refractivity (Wildman–Crippen MR) is 76.6 cm³/mol. The van der Waals surface area contributed by atoms with Gasteiger partial charge >= 0.3 is 7.12 Å². The molecule has 0 amide bonds. The van der Waals surface area contributed by atoms with Gasteiger partial charge in [-0.05, 0) is 36.4 Å². The van der Waals surface area contributed by atoms with E-state index in [0.29, 0.717) is 5.58 Å². The quantitative estimate of drug-likeness (QED) is 0.717. The number of furan rings is 1. The summed E-state index contributed by atoms with van der Waals surface area (Å²) in [6.07, 6.45) is 0. The minimum Gasteiger partial charge on any atom is -0.465 e. The molecule has 3 nitrogen and oxygen atoms in total. The van der Waals surface area contributed by atoms with Gasteiger partial charge in [-0.2, -0.15) is 0 Å². The van der Waals surface area contributed by atoms with Crippen molar-refractivity contribution in [2.24, 2.45) is 0 Å². The maximum Gasteiger partial charge on any atom is 0.526 e. The van der Waals surface area contributed by atoms with Crippen LogP contribution in [0.2, 0.25) is 0 Å². The van der Waals surface area contributed by atoms with Gasteiger partial charge in [0.05, 0.1) is 0 Å². The van der Waals surface area contributed by atoms with Crippen LogP contribution in [0.25, 0.3) is 11.0 Å². The lowest BCUT2D eigenvalue weighted by molar-refractivity contribution is 0.412. The van der Waals surface area contributed by atoms with E-state index in [-0.39, 0.29) is 5.66 Å². The number of fused-ring (bicyclic) bond motifs is 1. The maximum atomic E-state index is 9.09. The molecule has 0 spiro atoms. The standard InChI is InChI=1S/C14H11BO3S/c16-15(17)14-9-10-8-12(6-7-13(10)18-14)19-11-4-2-1-3-5-11/h1-9,16-17H. The molecule has 1 heterocycles. The average molecular weight is 270 g/mol. The van der Waals surface area contributed by atoms with Crippen molar-refractivity contribution in [2.75, 3.05) is 0 Å². The Morgan fingerprint density at radius 3 is 2.42 bits per heavy atom. The lowest BCUT2D eigenvalue weighted by Gasteiger charge is -2.00. The largest absolute Gasteiger partial charge is 0.526 e. The molecule has 94 valence electrons. The maximum absolute atomic E-state index is 9.09. The van der Waals surface area contributed by atoms with Gasteiger partial charge in [0.25, 0.3) is 0 Å². The summed E-state index contributed by atoms with van der Waals surface area (Å²) in [4.78, 5) is 2.24. The van der Waals surface area contributed by atoms with Crippen molar-refractivity contribution in [1.82, 2.24) is 0 Å². The normalized spacial score (nSPS) is 10.8. The van der Waals surface area contributed by atoms with Gasteiger partial charge < -0.3 is 14.5 Å². The molecule has 0 atom stereocenters. The van der Waals surface area contributed by atoms with Crippen LogP contribution >= 0.6 is 11.8 Å². The fourth-order valence-corrected chi connectivity index (χ4v) is 2.74. The monoisotopic (exact) mass is 270 g/mol. The highest BCUT2D eigenvalue weighted by atomic mass is 32.2. The molecule has 0 bridgehead atoms. The van der Waals surface area contributed by atoms with Crippen LogP contribution in [0.15, 0.2) is 68.8 Å². The third-order valence-corrected chi connectivity index (χ3v) is 3.74. The molecule has 0 aliphatic rings. The minimum absolute atomic E-state index is 0.164. The molecule has 0 saturated carbocycles. The van der Waals surface area contributed by atoms with Gasteiger partial charge in [0, 0.05) is 15.2 Å². The Kier molecular flexibility index (Phi) is 3.33. The Bertz CT molecular complexity index is 694. The van der Waals surface area contributed by atoms with Crippen LogP contribution in [0.4, 0.5) is 0 Å². The van der Waals surface area contributed by atoms with Gasteiger partial charge in [0.2, 0.25) is 0 Å². The van der Waals surface area contributed by atoms with Gasteiger partial charge in [0.15, 0.2) is 0 Å². The Morgan fingerprint density at radius 2 is 1.68 bits per heavy atom. The lowest BCUT2D eigenvalue weighted by atomic mass is 9.88. The average Bonchev–Trinajstić information content (AvgIpc) is 2.83. The Balaban J connectivity index is 1.93. The zero-order valence-electron chi connectivity index (χ0n) is 9.98. The van der Waals surface area contributed by atoms with E-state index < -0.39 is 7.12 Å². The van der Waals surface area contributed by atoms with Crippen molar-refractivity contribution in [3.05, 3.63) is 54.6 Å². The summed E-state index contributed by atoms with van der Waals surface area (Å²) in [5.74, 6) is 0. The van der Waals surface area contributed by atoms with Crippen LogP contribution in [0.1, 0.15) is 0 Å². The molecule has 0 aliphatic carbocycles. The number of benzene rings is 2. The first-order chi connectivity index (χ1) is 9.22. The molecule has 2 N–H and O–H groups in total. The van der Waals surface area contributed by atoms with Gasteiger partial charge in [-0.25, -0.2) is 0 Å². The zero-order chi connectivity index (χ0) is 13.2. The summed E-state index contributed by atoms with van der Waals surface area (Å²) in [6, 6.07) is 17.5. The van der Waals surface area contributed by atoms with Crippen molar-refractivity contribution in [3.8, 4) is 0 Å². The first-order valence-electron chi connectivity index (χ1n) is 5.85. The van der Waals surface area contributed by atoms with E-state index in [9.17, 15) is 0 Å². The highest BCUT2D eigenvalue weighted by Gasteiger charge is 2.17. The summed E-state index contributed by atoms with van der Waals surface area (Å²) in [5.41, 5.74) is 0.817. The fourth-order valence-electron chi connectivity index (χ4n) is 1.86. The first-order valence-corrected chi connectivity index (χ1v) is 6.66. The van der Waals surface area contributed by atoms with Gasteiger partial charge in [-0.1, -0.05) is 30.0 Å². The molecular formula is C14H11BO3S. The van der Waals surface area contributed by atoms with E-state index in [0.717, 1.165) is 15.2 Å². The molecule has 5 heteroatoms. The minimum atomic E-state index is -1.57. The number of hydrogen-bond donors (Lipinski definition) is 2. The van der Waals surface area contributed by atoms with Crippen molar-refractivity contribution in [1.29, 1.82) is 0 Å². The summed E-state index contributed by atoms with van der Waals surface area (Å²) >= 11 is 1.65. The summed E-state index contributed by atoms with van der Waals surface area (Å²) in [5, 5.41) is 19.0. The van der Waals surface area contributed by atoms with Crippen LogP contribution < -0.4 is 5.66 Å². The van der Waals surface area contributed by atoms with Crippen molar-refractivity contribution in [3.63, 3.8) is 0 Å². The third kappa shape index (κ3) is 2.68. The number of rotatable bonds is 3. The molecule has 0 saturated heterocycles. The lowest BCUT2D eigenvalue weighted by Crippen LogP contribution is -2.27. The third-order valence-electron chi connectivity index (χ3n) is 2.74. The molecule has 2 aromatic carbocycles. The SMILES string of the molecule is OB(O)c1cc2cc(Sc3ccccc3)ccc2o1. The molecule has 1 aromatic heterocycles. The second kappa shape index (κ2) is 5.13.